The topological polar surface area (TPSA) is 41.1 Å². The van der Waals surface area contributed by atoms with Gasteiger partial charge in [0.05, 0.1) is 5.54 Å². The fourth-order valence-electron chi connectivity index (χ4n) is 2.50. The molecule has 2 N–H and O–H groups in total. The van der Waals surface area contributed by atoms with Crippen molar-refractivity contribution in [3.63, 3.8) is 0 Å². The smallest absolute Gasteiger partial charge is 0.240 e. The highest BCUT2D eigenvalue weighted by molar-refractivity contribution is 5.86. The molecule has 1 atom stereocenters. The van der Waals surface area contributed by atoms with Crippen molar-refractivity contribution in [1.29, 1.82) is 0 Å². The number of nitrogens with one attached hydrogen (secondary N) is 2. The van der Waals surface area contributed by atoms with E-state index in [0.29, 0.717) is 6.04 Å². The minimum atomic E-state index is -0.289. The van der Waals surface area contributed by atoms with Crippen molar-refractivity contribution in [2.75, 3.05) is 6.54 Å². The zero-order valence-corrected chi connectivity index (χ0v) is 10.2. The average molecular weight is 233 g/mol. The highest BCUT2D eigenvalue weighted by Gasteiger charge is 2.36. The van der Waals surface area contributed by atoms with Gasteiger partial charge < -0.3 is 10.6 Å². The molecule has 1 saturated carbocycles. The van der Waals surface area contributed by atoms with Crippen LogP contribution in [0.4, 0.5) is 0 Å². The second-order valence-electron chi connectivity index (χ2n) is 4.82. The molecule has 88 valence electrons. The molecule has 0 bridgehead atoms. The Morgan fingerprint density at radius 3 is 2.53 bits per heavy atom. The van der Waals surface area contributed by atoms with Gasteiger partial charge in [0.15, 0.2) is 0 Å². The predicted molar refractivity (Wildman–Crippen MR) is 63.3 cm³/mol. The van der Waals surface area contributed by atoms with E-state index in [1.807, 2.05) is 6.92 Å². The van der Waals surface area contributed by atoms with Gasteiger partial charge in [0.25, 0.3) is 0 Å². The van der Waals surface area contributed by atoms with Crippen molar-refractivity contribution in [3.8, 4) is 0 Å². The fourth-order valence-corrected chi connectivity index (χ4v) is 2.50. The standard InChI is InChI=1S/C11H20N2O.ClH/c1-11(7-4-8-12-11)10(14)13-9-5-2-3-6-9;/h9,12H,2-8H2,1H3,(H,13,14);1H. The summed E-state index contributed by atoms with van der Waals surface area (Å²) in [5, 5.41) is 6.45. The SMILES string of the molecule is CC1(C(=O)NC2CCCC2)CCCN1.Cl. The summed E-state index contributed by atoms with van der Waals surface area (Å²) in [7, 11) is 0. The molecule has 1 aliphatic carbocycles. The summed E-state index contributed by atoms with van der Waals surface area (Å²) in [4.78, 5) is 11.9. The number of hydrogen-bond donors (Lipinski definition) is 2. The van der Waals surface area contributed by atoms with Crippen molar-refractivity contribution in [2.24, 2.45) is 0 Å². The van der Waals surface area contributed by atoms with Crippen LogP contribution in [0.3, 0.4) is 0 Å². The molecule has 2 aliphatic rings. The molecule has 0 aromatic carbocycles. The maximum atomic E-state index is 11.9. The monoisotopic (exact) mass is 232 g/mol. The van der Waals surface area contributed by atoms with Gasteiger partial charge in [0, 0.05) is 6.04 Å². The Kier molecular flexibility index (Phi) is 4.41. The quantitative estimate of drug-likeness (QED) is 0.760. The molecule has 1 unspecified atom stereocenters. The van der Waals surface area contributed by atoms with Crippen LogP contribution in [0.15, 0.2) is 0 Å². The highest BCUT2D eigenvalue weighted by Crippen LogP contribution is 2.22. The highest BCUT2D eigenvalue weighted by atomic mass is 35.5. The minimum Gasteiger partial charge on any atom is -0.352 e. The molecule has 2 fully saturated rings. The molecular weight excluding hydrogens is 212 g/mol. The summed E-state index contributed by atoms with van der Waals surface area (Å²) in [5.41, 5.74) is -0.289. The summed E-state index contributed by atoms with van der Waals surface area (Å²) >= 11 is 0. The zero-order chi connectivity index (χ0) is 10.0. The summed E-state index contributed by atoms with van der Waals surface area (Å²) in [6.07, 6.45) is 6.98. The lowest BCUT2D eigenvalue weighted by Gasteiger charge is -2.25. The van der Waals surface area contributed by atoms with Crippen LogP contribution in [-0.4, -0.2) is 24.0 Å². The second kappa shape index (κ2) is 5.17. The average Bonchev–Trinajstić information content (AvgIpc) is 2.76. The van der Waals surface area contributed by atoms with Crippen molar-refractivity contribution in [1.82, 2.24) is 10.6 Å². The summed E-state index contributed by atoms with van der Waals surface area (Å²) in [5.74, 6) is 0.210. The van der Waals surface area contributed by atoms with Gasteiger partial charge in [0.2, 0.25) is 5.91 Å². The van der Waals surface area contributed by atoms with E-state index >= 15 is 0 Å². The molecule has 2 rings (SSSR count). The Morgan fingerprint density at radius 2 is 2.00 bits per heavy atom. The predicted octanol–water partition coefficient (Wildman–Crippen LogP) is 1.61. The van der Waals surface area contributed by atoms with E-state index in [2.05, 4.69) is 10.6 Å². The van der Waals surface area contributed by atoms with Gasteiger partial charge in [0.1, 0.15) is 0 Å². The second-order valence-corrected chi connectivity index (χ2v) is 4.82. The van der Waals surface area contributed by atoms with Crippen LogP contribution in [0.2, 0.25) is 0 Å². The summed E-state index contributed by atoms with van der Waals surface area (Å²) < 4.78 is 0. The molecule has 1 amide bonds. The van der Waals surface area contributed by atoms with E-state index in [0.717, 1.165) is 19.4 Å². The lowest BCUT2D eigenvalue weighted by atomic mass is 9.99. The molecule has 4 heteroatoms. The van der Waals surface area contributed by atoms with Gasteiger partial charge in [-0.15, -0.1) is 12.4 Å². The number of rotatable bonds is 2. The van der Waals surface area contributed by atoms with Crippen LogP contribution < -0.4 is 10.6 Å². The molecule has 0 aromatic rings. The minimum absolute atomic E-state index is 0. The van der Waals surface area contributed by atoms with Gasteiger partial charge in [-0.25, -0.2) is 0 Å². The normalized spacial score (nSPS) is 31.3. The molecule has 1 aliphatic heterocycles. The van der Waals surface area contributed by atoms with Crippen molar-refractivity contribution >= 4 is 18.3 Å². The van der Waals surface area contributed by atoms with Crippen LogP contribution in [0.1, 0.15) is 45.4 Å². The van der Waals surface area contributed by atoms with Gasteiger partial charge in [-0.1, -0.05) is 12.8 Å². The van der Waals surface area contributed by atoms with Gasteiger partial charge in [-0.2, -0.15) is 0 Å². The molecular formula is C11H21ClN2O. The van der Waals surface area contributed by atoms with E-state index in [9.17, 15) is 4.79 Å². The lowest BCUT2D eigenvalue weighted by Crippen LogP contribution is -2.53. The Balaban J connectivity index is 0.00000112. The molecule has 0 aromatic heterocycles. The number of hydrogen-bond acceptors (Lipinski definition) is 2. The Bertz CT molecular complexity index is 221. The third kappa shape index (κ3) is 2.85. The van der Waals surface area contributed by atoms with Crippen LogP contribution >= 0.6 is 12.4 Å². The molecule has 15 heavy (non-hydrogen) atoms. The van der Waals surface area contributed by atoms with Gasteiger partial charge >= 0.3 is 0 Å². The first-order valence-electron chi connectivity index (χ1n) is 5.77. The first kappa shape index (κ1) is 12.8. The van der Waals surface area contributed by atoms with Gasteiger partial charge in [-0.3, -0.25) is 4.79 Å². The molecule has 0 radical (unpaired) electrons. The van der Waals surface area contributed by atoms with Crippen molar-refractivity contribution in [2.45, 2.75) is 57.0 Å². The molecule has 3 nitrogen and oxygen atoms in total. The van der Waals surface area contributed by atoms with Crippen molar-refractivity contribution < 1.29 is 4.79 Å². The molecule has 1 heterocycles. The van der Waals surface area contributed by atoms with Crippen LogP contribution in [0.25, 0.3) is 0 Å². The summed E-state index contributed by atoms with van der Waals surface area (Å²) in [6.45, 7) is 3.00. The maximum absolute atomic E-state index is 11.9. The summed E-state index contributed by atoms with van der Waals surface area (Å²) in [6, 6.07) is 0.446. The number of amides is 1. The van der Waals surface area contributed by atoms with Crippen LogP contribution in [-0.2, 0) is 4.79 Å². The first-order chi connectivity index (χ1) is 6.71. The van der Waals surface area contributed by atoms with Crippen LogP contribution in [0, 0.1) is 0 Å². The zero-order valence-electron chi connectivity index (χ0n) is 9.34. The van der Waals surface area contributed by atoms with E-state index < -0.39 is 0 Å². The number of carbonyl (C=O) groups excluding carboxylic acids is 1. The van der Waals surface area contributed by atoms with E-state index in [4.69, 9.17) is 0 Å². The van der Waals surface area contributed by atoms with Crippen molar-refractivity contribution in [3.05, 3.63) is 0 Å². The maximum Gasteiger partial charge on any atom is 0.240 e. The van der Waals surface area contributed by atoms with E-state index in [1.165, 1.54) is 25.7 Å². The largest absolute Gasteiger partial charge is 0.352 e. The van der Waals surface area contributed by atoms with Crippen LogP contribution in [0.5, 0.6) is 0 Å². The van der Waals surface area contributed by atoms with Gasteiger partial charge in [-0.05, 0) is 39.2 Å². The van der Waals surface area contributed by atoms with E-state index in [-0.39, 0.29) is 23.9 Å². The third-order valence-corrected chi connectivity index (χ3v) is 3.56. The first-order valence-corrected chi connectivity index (χ1v) is 5.77. The lowest BCUT2D eigenvalue weighted by molar-refractivity contribution is -0.127. The molecule has 1 saturated heterocycles. The van der Waals surface area contributed by atoms with E-state index in [1.54, 1.807) is 0 Å². The fraction of sp³-hybridized carbons (Fsp3) is 0.909. The Morgan fingerprint density at radius 1 is 1.33 bits per heavy atom. The Hall–Kier alpha value is -0.280. The third-order valence-electron chi connectivity index (χ3n) is 3.56. The Labute approximate surface area is 97.8 Å². The number of carbonyl (C=O) groups is 1. The number of halogens is 1. The molecule has 0 spiro atoms.